The Bertz CT molecular complexity index is 3260. The van der Waals surface area contributed by atoms with Crippen LogP contribution in [0.2, 0.25) is 0 Å². The molecule has 0 aromatic heterocycles. The molecule has 0 saturated carbocycles. The van der Waals surface area contributed by atoms with Crippen LogP contribution >= 0.6 is 0 Å². The number of benzene rings is 6. The SMILES string of the molecule is C.CC(C)(C)OC(=O)CCOCCOc1ccc(C[C@H](NC(=O)CCOCCN2C(=O)c3ccccc3C2=O)C(=O)OCc2ccccc2)cc1.O=C(CCOCCN1C(=O)c2ccccc2C1=O)N[C@@H](Cc1ccc(O)cc1)C(=O)OCc1ccccc1. The lowest BCUT2D eigenvalue weighted by atomic mass is 10.1. The summed E-state index contributed by atoms with van der Waals surface area (Å²) in [7, 11) is 0. The molecule has 0 radical (unpaired) electrons. The average Bonchev–Trinajstić information content (AvgIpc) is 2.19. The summed E-state index contributed by atoms with van der Waals surface area (Å²) in [4.78, 5) is 115. The first-order chi connectivity index (χ1) is 42.4. The Labute approximate surface area is 517 Å². The van der Waals surface area contributed by atoms with Crippen LogP contribution in [0.25, 0.3) is 0 Å². The summed E-state index contributed by atoms with van der Waals surface area (Å²) in [5.41, 5.74) is 4.07. The highest BCUT2D eigenvalue weighted by Gasteiger charge is 2.36. The van der Waals surface area contributed by atoms with Crippen molar-refractivity contribution >= 4 is 53.4 Å². The van der Waals surface area contributed by atoms with E-state index in [9.17, 15) is 48.3 Å². The summed E-state index contributed by atoms with van der Waals surface area (Å²) < 4.78 is 38.4. The van der Waals surface area contributed by atoms with E-state index in [1.807, 2.05) is 81.4 Å². The highest BCUT2D eigenvalue weighted by Crippen LogP contribution is 2.24. The molecule has 0 bridgehead atoms. The molecular formula is C68H76N4O17. The van der Waals surface area contributed by atoms with Crippen molar-refractivity contribution in [2.45, 2.75) is 91.2 Å². The molecule has 89 heavy (non-hydrogen) atoms. The van der Waals surface area contributed by atoms with Crippen LogP contribution in [-0.2, 0) is 78.4 Å². The number of nitrogens with zero attached hydrogens (tertiary/aromatic N) is 2. The van der Waals surface area contributed by atoms with Crippen molar-refractivity contribution in [3.8, 4) is 11.5 Å². The van der Waals surface area contributed by atoms with Crippen LogP contribution in [0.4, 0.5) is 0 Å². The van der Waals surface area contributed by atoms with Crippen LogP contribution in [0.15, 0.2) is 158 Å². The van der Waals surface area contributed by atoms with Crippen molar-refractivity contribution < 1.29 is 81.4 Å². The minimum atomic E-state index is -0.963. The third-order valence-corrected chi connectivity index (χ3v) is 13.4. The third kappa shape index (κ3) is 22.0. The van der Waals surface area contributed by atoms with E-state index in [1.165, 1.54) is 12.1 Å². The lowest BCUT2D eigenvalue weighted by molar-refractivity contribution is -0.156. The summed E-state index contributed by atoms with van der Waals surface area (Å²) in [6.45, 7) is 6.69. The van der Waals surface area contributed by atoms with E-state index in [-0.39, 0.29) is 141 Å². The fourth-order valence-corrected chi connectivity index (χ4v) is 9.00. The number of rotatable bonds is 31. The van der Waals surface area contributed by atoms with Gasteiger partial charge in [-0.3, -0.25) is 43.4 Å². The van der Waals surface area contributed by atoms with Gasteiger partial charge in [-0.1, -0.05) is 117 Å². The van der Waals surface area contributed by atoms with Gasteiger partial charge in [0.25, 0.3) is 23.6 Å². The van der Waals surface area contributed by atoms with Gasteiger partial charge in [0.1, 0.15) is 49.0 Å². The number of phenols is 1. The molecule has 3 N–H and O–H groups in total. The quantitative estimate of drug-likeness (QED) is 0.0162. The molecule has 21 nitrogen and oxygen atoms in total. The zero-order valence-electron chi connectivity index (χ0n) is 49.4. The number of aromatic hydroxyl groups is 1. The van der Waals surface area contributed by atoms with Crippen LogP contribution in [0.3, 0.4) is 0 Å². The van der Waals surface area contributed by atoms with E-state index in [4.69, 9.17) is 33.2 Å². The molecule has 2 atom stereocenters. The second kappa shape index (κ2) is 34.7. The van der Waals surface area contributed by atoms with Gasteiger partial charge in [0.05, 0.1) is 81.4 Å². The van der Waals surface area contributed by atoms with Crippen molar-refractivity contribution in [1.82, 2.24) is 20.4 Å². The van der Waals surface area contributed by atoms with Gasteiger partial charge in [0.2, 0.25) is 11.8 Å². The Morgan fingerprint density at radius 3 is 1.22 bits per heavy atom. The number of carbonyl (C=O) groups excluding carboxylic acids is 9. The summed E-state index contributed by atoms with van der Waals surface area (Å²) in [6, 6.07) is 43.3. The maximum absolute atomic E-state index is 13.1. The lowest BCUT2D eigenvalue weighted by Crippen LogP contribution is -2.43. The van der Waals surface area contributed by atoms with Gasteiger partial charge < -0.3 is 48.9 Å². The largest absolute Gasteiger partial charge is 0.508 e. The first-order valence-corrected chi connectivity index (χ1v) is 28.8. The molecule has 0 saturated heterocycles. The van der Waals surface area contributed by atoms with Crippen molar-refractivity contribution in [3.05, 3.63) is 202 Å². The number of carbonyl (C=O) groups is 9. The van der Waals surface area contributed by atoms with Gasteiger partial charge in [0.15, 0.2) is 0 Å². The first-order valence-electron chi connectivity index (χ1n) is 28.8. The maximum Gasteiger partial charge on any atom is 0.329 e. The molecule has 2 aliphatic rings. The molecule has 0 unspecified atom stereocenters. The fourth-order valence-electron chi connectivity index (χ4n) is 9.00. The molecule has 6 amide bonds. The third-order valence-electron chi connectivity index (χ3n) is 13.4. The summed E-state index contributed by atoms with van der Waals surface area (Å²) >= 11 is 0. The van der Waals surface area contributed by atoms with Crippen molar-refractivity contribution in [2.24, 2.45) is 0 Å². The summed E-state index contributed by atoms with van der Waals surface area (Å²) in [5, 5.41) is 15.0. The van der Waals surface area contributed by atoms with Crippen molar-refractivity contribution in [3.63, 3.8) is 0 Å². The molecule has 2 heterocycles. The number of esters is 3. The molecule has 2 aliphatic heterocycles. The van der Waals surface area contributed by atoms with Crippen molar-refractivity contribution in [2.75, 3.05) is 59.3 Å². The standard InChI is InChI=1S/C38H44N2O10.C29H28N2O7.CH4/c1-38(2,3)50-34(42)18-21-47-23-24-48-29-15-13-27(14-16-29)25-32(37(45)49-26-28-9-5-4-6-10-28)39-33(41)17-20-46-22-19-40-35(43)30-11-7-8-12-31(30)36(40)44;32-22-12-10-20(11-13-22)18-25(29(36)38-19-21-6-2-1-3-7-21)30-26(33)14-16-37-17-15-31-27(34)23-8-4-5-9-24(23)28(31)35;/h4-16,32H,17-26H2,1-3H3,(H,39,41);1-13,25,32H,14-19H2,(H,30,33);1H4/t32-;25-;/m00./s1. The van der Waals surface area contributed by atoms with Gasteiger partial charge >= 0.3 is 17.9 Å². The number of hydrogen-bond acceptors (Lipinski definition) is 17. The van der Waals surface area contributed by atoms with Gasteiger partial charge in [-0.25, -0.2) is 9.59 Å². The second-order valence-electron chi connectivity index (χ2n) is 21.3. The topological polar surface area (TPSA) is 269 Å². The minimum Gasteiger partial charge on any atom is -0.508 e. The van der Waals surface area contributed by atoms with E-state index < -0.39 is 41.4 Å². The minimum absolute atomic E-state index is 0. The maximum atomic E-state index is 13.1. The van der Waals surface area contributed by atoms with Gasteiger partial charge in [-0.15, -0.1) is 0 Å². The van der Waals surface area contributed by atoms with E-state index in [2.05, 4.69) is 10.6 Å². The van der Waals surface area contributed by atoms with Crippen LogP contribution in [0.1, 0.15) is 111 Å². The molecule has 470 valence electrons. The second-order valence-corrected chi connectivity index (χ2v) is 21.3. The Kier molecular flexibility index (Phi) is 26.7. The molecule has 8 rings (SSSR count). The molecule has 21 heteroatoms. The van der Waals surface area contributed by atoms with Crippen LogP contribution < -0.4 is 15.4 Å². The highest BCUT2D eigenvalue weighted by molar-refractivity contribution is 6.22. The van der Waals surface area contributed by atoms with Crippen LogP contribution in [0, 0.1) is 0 Å². The zero-order valence-corrected chi connectivity index (χ0v) is 49.4. The predicted octanol–water partition coefficient (Wildman–Crippen LogP) is 7.79. The number of nitrogens with one attached hydrogen (secondary N) is 2. The van der Waals surface area contributed by atoms with E-state index in [1.54, 1.807) is 84.9 Å². The zero-order chi connectivity index (χ0) is 62.8. The monoisotopic (exact) mass is 1220 g/mol. The summed E-state index contributed by atoms with van der Waals surface area (Å²) in [5.74, 6) is -3.10. The molecule has 6 aromatic rings. The molecule has 0 fully saturated rings. The predicted molar refractivity (Wildman–Crippen MR) is 326 cm³/mol. The Morgan fingerprint density at radius 2 is 0.820 bits per heavy atom. The normalized spacial score (nSPS) is 13.0. The Morgan fingerprint density at radius 1 is 0.449 bits per heavy atom. The Hall–Kier alpha value is -9.57. The van der Waals surface area contributed by atoms with E-state index in [0.717, 1.165) is 32.1 Å². The van der Waals surface area contributed by atoms with Crippen LogP contribution in [-0.4, -0.2) is 145 Å². The number of phenolic OH excluding ortho intramolecular Hbond substituents is 1. The number of fused-ring (bicyclic) bond motifs is 2. The van der Waals surface area contributed by atoms with Crippen molar-refractivity contribution in [1.29, 1.82) is 0 Å². The van der Waals surface area contributed by atoms with Crippen LogP contribution in [0.5, 0.6) is 11.5 Å². The fraction of sp³-hybridized carbons (Fsp3) is 0.338. The first kappa shape index (κ1) is 68.5. The number of amides is 6. The van der Waals surface area contributed by atoms with Gasteiger partial charge in [-0.05, 0) is 91.6 Å². The number of ether oxygens (including phenoxy) is 7. The van der Waals surface area contributed by atoms with Gasteiger partial charge in [0, 0.05) is 25.7 Å². The molecule has 6 aromatic carbocycles. The smallest absolute Gasteiger partial charge is 0.329 e. The molecule has 0 aliphatic carbocycles. The lowest BCUT2D eigenvalue weighted by Gasteiger charge is -2.19. The Balaban J connectivity index is 0.000000290. The summed E-state index contributed by atoms with van der Waals surface area (Å²) in [6.07, 6.45) is 0.439. The number of hydrogen-bond donors (Lipinski definition) is 3. The van der Waals surface area contributed by atoms with E-state index in [0.29, 0.717) is 34.6 Å². The van der Waals surface area contributed by atoms with Gasteiger partial charge in [-0.2, -0.15) is 0 Å². The average molecular weight is 1220 g/mol. The number of imide groups is 2. The van der Waals surface area contributed by atoms with E-state index >= 15 is 0 Å². The molecule has 0 spiro atoms. The highest BCUT2D eigenvalue weighted by atomic mass is 16.6. The molecular weight excluding hydrogens is 1140 g/mol.